The maximum absolute atomic E-state index is 6.16. The molecular formula is C25H19BrN8S. The van der Waals surface area contributed by atoms with Crippen molar-refractivity contribution in [2.75, 3.05) is 10.6 Å². The lowest BCUT2D eigenvalue weighted by molar-refractivity contribution is 1.03. The number of nitrogens with one attached hydrogen (secondary N) is 2. The van der Waals surface area contributed by atoms with Crippen molar-refractivity contribution in [3.8, 4) is 21.8 Å². The van der Waals surface area contributed by atoms with Crippen LogP contribution in [0.5, 0.6) is 0 Å². The minimum absolute atomic E-state index is 0.180. The largest absolute Gasteiger partial charge is 0.369 e. The Hall–Kier alpha value is -4.15. The highest BCUT2D eigenvalue weighted by Gasteiger charge is 2.09. The van der Waals surface area contributed by atoms with Crippen LogP contribution in [-0.4, -0.2) is 26.1 Å². The molecule has 0 spiro atoms. The number of thiophene rings is 1. The first kappa shape index (κ1) is 22.6. The van der Waals surface area contributed by atoms with E-state index in [1.807, 2.05) is 78.9 Å². The molecule has 8 nitrogen and oxygen atoms in total. The van der Waals surface area contributed by atoms with E-state index in [1.54, 1.807) is 23.6 Å². The van der Waals surface area contributed by atoms with Crippen LogP contribution in [0.3, 0.4) is 0 Å². The number of rotatable bonds is 6. The van der Waals surface area contributed by atoms with Crippen molar-refractivity contribution in [2.45, 2.75) is 0 Å². The predicted molar refractivity (Wildman–Crippen MR) is 145 cm³/mol. The van der Waals surface area contributed by atoms with E-state index < -0.39 is 0 Å². The molecule has 10 heteroatoms. The lowest BCUT2D eigenvalue weighted by Crippen LogP contribution is -2.22. The van der Waals surface area contributed by atoms with Crippen LogP contribution >= 0.6 is 27.3 Å². The summed E-state index contributed by atoms with van der Waals surface area (Å²) in [6.45, 7) is 0. The van der Waals surface area contributed by atoms with Crippen LogP contribution in [0.15, 0.2) is 99.9 Å². The number of nitrogens with zero attached hydrogens (tertiary/aromatic N) is 5. The van der Waals surface area contributed by atoms with Crippen LogP contribution in [0.1, 0.15) is 0 Å². The van der Waals surface area contributed by atoms with Crippen LogP contribution in [-0.2, 0) is 0 Å². The molecule has 3 heterocycles. The first-order chi connectivity index (χ1) is 17.1. The second-order valence-electron chi connectivity index (χ2n) is 7.30. The molecule has 3 aromatic heterocycles. The topological polar surface area (TPSA) is 114 Å². The zero-order chi connectivity index (χ0) is 24.0. The summed E-state index contributed by atoms with van der Waals surface area (Å²) in [6.07, 6.45) is 1.72. The zero-order valence-corrected chi connectivity index (χ0v) is 20.7. The quantitative estimate of drug-likeness (QED) is 0.172. The second-order valence-corrected chi connectivity index (χ2v) is 9.77. The monoisotopic (exact) mass is 542 g/mol. The molecule has 0 radical (unpaired) electrons. The van der Waals surface area contributed by atoms with Crippen molar-refractivity contribution >= 4 is 56.4 Å². The summed E-state index contributed by atoms with van der Waals surface area (Å²) >= 11 is 5.10. The number of hydrogen-bond donors (Lipinski definition) is 3. The normalized spacial score (nSPS) is 11.3. The minimum Gasteiger partial charge on any atom is -0.369 e. The Morgan fingerprint density at radius 1 is 0.829 bits per heavy atom. The average molecular weight is 543 g/mol. The first-order valence-corrected chi connectivity index (χ1v) is 12.2. The number of aliphatic imine (C=N–C) groups is 1. The third kappa shape index (κ3) is 5.68. The number of nitrogens with two attached hydrogens (primary N) is 1. The van der Waals surface area contributed by atoms with Gasteiger partial charge < -0.3 is 16.4 Å². The Balaban J connectivity index is 1.32. The van der Waals surface area contributed by atoms with E-state index in [0.717, 1.165) is 37.0 Å². The number of hydrogen-bond acceptors (Lipinski definition) is 7. The lowest BCUT2D eigenvalue weighted by Gasteiger charge is -2.12. The Labute approximate surface area is 214 Å². The van der Waals surface area contributed by atoms with Crippen LogP contribution in [0, 0.1) is 0 Å². The Kier molecular flexibility index (Phi) is 6.73. The molecule has 5 rings (SSSR count). The molecule has 4 N–H and O–H groups in total. The summed E-state index contributed by atoms with van der Waals surface area (Å²) in [4.78, 5) is 14.4. The van der Waals surface area contributed by atoms with E-state index in [9.17, 15) is 0 Å². The standard InChI is InChI=1S/C25H19BrN8S/c26-22-12-11-21(35-22)20-14-15-28-25(31-20)30-19-9-5-4-8-18(19)29-24(27)32-23-13-10-17(33-34-23)16-6-2-1-3-7-16/h1-15H,(H,28,30,31)(H3,27,29,32,34). The van der Waals surface area contributed by atoms with Gasteiger partial charge in [0.25, 0.3) is 0 Å². The molecule has 0 aliphatic rings. The van der Waals surface area contributed by atoms with E-state index >= 15 is 0 Å². The van der Waals surface area contributed by atoms with Gasteiger partial charge in [0.1, 0.15) is 0 Å². The van der Waals surface area contributed by atoms with Gasteiger partial charge in [0.05, 0.1) is 31.4 Å². The zero-order valence-electron chi connectivity index (χ0n) is 18.3. The number of halogens is 1. The smallest absolute Gasteiger partial charge is 0.227 e. The fourth-order valence-electron chi connectivity index (χ4n) is 3.27. The number of aromatic nitrogens is 4. The fourth-order valence-corrected chi connectivity index (χ4v) is 4.62. The summed E-state index contributed by atoms with van der Waals surface area (Å²) in [5.41, 5.74) is 10.2. The van der Waals surface area contributed by atoms with Gasteiger partial charge in [0, 0.05) is 11.8 Å². The molecule has 0 saturated carbocycles. The SMILES string of the molecule is NC(=Nc1ccc(-c2ccccc2)nn1)Nc1ccccc1Nc1nccc(-c2ccc(Br)s2)n1. The maximum atomic E-state index is 6.16. The van der Waals surface area contributed by atoms with E-state index in [4.69, 9.17) is 5.73 Å². The van der Waals surface area contributed by atoms with Gasteiger partial charge in [-0.3, -0.25) is 0 Å². The van der Waals surface area contributed by atoms with E-state index in [1.165, 1.54) is 0 Å². The van der Waals surface area contributed by atoms with Gasteiger partial charge >= 0.3 is 0 Å². The van der Waals surface area contributed by atoms with Gasteiger partial charge in [-0.15, -0.1) is 21.5 Å². The maximum Gasteiger partial charge on any atom is 0.227 e. The third-order valence-electron chi connectivity index (χ3n) is 4.87. The van der Waals surface area contributed by atoms with E-state index in [2.05, 4.69) is 51.7 Å². The molecule has 35 heavy (non-hydrogen) atoms. The van der Waals surface area contributed by atoms with Crippen molar-refractivity contribution in [1.29, 1.82) is 0 Å². The molecule has 0 bridgehead atoms. The van der Waals surface area contributed by atoms with E-state index in [-0.39, 0.29) is 5.96 Å². The number of anilines is 3. The second kappa shape index (κ2) is 10.4. The number of guanidine groups is 1. The molecule has 0 unspecified atom stereocenters. The molecule has 0 fully saturated rings. The number of benzene rings is 2. The van der Waals surface area contributed by atoms with E-state index in [0.29, 0.717) is 11.8 Å². The van der Waals surface area contributed by atoms with Crippen LogP contribution < -0.4 is 16.4 Å². The Morgan fingerprint density at radius 3 is 2.37 bits per heavy atom. The Bertz CT molecular complexity index is 1470. The molecule has 2 aromatic carbocycles. The summed E-state index contributed by atoms with van der Waals surface area (Å²) < 4.78 is 1.05. The minimum atomic E-state index is 0.180. The first-order valence-electron chi connectivity index (χ1n) is 10.6. The molecule has 0 atom stereocenters. The van der Waals surface area contributed by atoms with Crippen molar-refractivity contribution < 1.29 is 0 Å². The van der Waals surface area contributed by atoms with Crippen molar-refractivity contribution in [1.82, 2.24) is 20.2 Å². The van der Waals surface area contributed by atoms with Gasteiger partial charge in [-0.2, -0.15) is 4.99 Å². The predicted octanol–water partition coefficient (Wildman–Crippen LogP) is 6.23. The molecule has 172 valence electrons. The Morgan fingerprint density at radius 2 is 1.63 bits per heavy atom. The highest BCUT2D eigenvalue weighted by atomic mass is 79.9. The van der Waals surface area contributed by atoms with Crippen molar-refractivity contribution in [3.05, 3.63) is 94.9 Å². The molecule has 0 aliphatic carbocycles. The van der Waals surface area contributed by atoms with Crippen molar-refractivity contribution in [2.24, 2.45) is 10.7 Å². The summed E-state index contributed by atoms with van der Waals surface area (Å²) in [5, 5.41) is 14.8. The average Bonchev–Trinajstić information content (AvgIpc) is 3.33. The van der Waals surface area contributed by atoms with Gasteiger partial charge in [0.15, 0.2) is 11.8 Å². The van der Waals surface area contributed by atoms with Crippen molar-refractivity contribution in [3.63, 3.8) is 0 Å². The van der Waals surface area contributed by atoms with Crippen LogP contribution in [0.25, 0.3) is 21.8 Å². The van der Waals surface area contributed by atoms with Gasteiger partial charge in [0.2, 0.25) is 5.95 Å². The third-order valence-corrected chi connectivity index (χ3v) is 6.52. The fraction of sp³-hybridized carbons (Fsp3) is 0. The molecule has 5 aromatic rings. The lowest BCUT2D eigenvalue weighted by atomic mass is 10.1. The van der Waals surface area contributed by atoms with Gasteiger partial charge in [-0.1, -0.05) is 42.5 Å². The van der Waals surface area contributed by atoms with Crippen LogP contribution in [0.4, 0.5) is 23.1 Å². The summed E-state index contributed by atoms with van der Waals surface area (Å²) in [5.74, 6) is 1.05. The molecule has 0 saturated heterocycles. The number of para-hydroxylation sites is 2. The van der Waals surface area contributed by atoms with Gasteiger partial charge in [-0.25, -0.2) is 9.97 Å². The summed E-state index contributed by atoms with van der Waals surface area (Å²) in [6, 6.07) is 27.0. The van der Waals surface area contributed by atoms with Crippen LogP contribution in [0.2, 0.25) is 0 Å². The summed E-state index contributed by atoms with van der Waals surface area (Å²) in [7, 11) is 0. The molecule has 0 aliphatic heterocycles. The molecule has 0 amide bonds. The highest BCUT2D eigenvalue weighted by Crippen LogP contribution is 2.31. The van der Waals surface area contributed by atoms with Gasteiger partial charge in [-0.05, 0) is 58.4 Å². The molecular weight excluding hydrogens is 524 g/mol. The highest BCUT2D eigenvalue weighted by molar-refractivity contribution is 9.11.